The summed E-state index contributed by atoms with van der Waals surface area (Å²) in [5, 5.41) is 0. The highest BCUT2D eigenvalue weighted by Crippen LogP contribution is 2.21. The molecule has 6 heteroatoms. The number of amides is 1. The minimum Gasteiger partial charge on any atom is -0.451 e. The molecule has 0 aliphatic carbocycles. The molecule has 1 atom stereocenters. The predicted molar refractivity (Wildman–Crippen MR) is 67.6 cm³/mol. The number of aromatic nitrogens is 1. The van der Waals surface area contributed by atoms with E-state index in [0.29, 0.717) is 25.4 Å². The van der Waals surface area contributed by atoms with Gasteiger partial charge >= 0.3 is 6.09 Å². The average Bonchev–Trinajstić information content (AvgIpc) is 2.71. The first-order valence-electron chi connectivity index (χ1n) is 6.43. The summed E-state index contributed by atoms with van der Waals surface area (Å²) in [6.45, 7) is 7.22. The van der Waals surface area contributed by atoms with Gasteiger partial charge in [0.05, 0.1) is 6.54 Å². The topological polar surface area (TPSA) is 64.8 Å². The molecule has 1 aromatic heterocycles. The van der Waals surface area contributed by atoms with Gasteiger partial charge in [-0.2, -0.15) is 0 Å². The number of carbonyl (C=O) groups is 1. The fraction of sp³-hybridized carbons (Fsp3) is 0.692. The Bertz CT molecular complexity index is 411. The lowest BCUT2D eigenvalue weighted by molar-refractivity contribution is 0.0132. The van der Waals surface area contributed by atoms with Crippen molar-refractivity contribution in [1.82, 2.24) is 9.88 Å². The molecular formula is C13H20N2O4. The van der Waals surface area contributed by atoms with Gasteiger partial charge in [0.2, 0.25) is 0 Å². The summed E-state index contributed by atoms with van der Waals surface area (Å²) in [5.74, 6) is 0. The highest BCUT2D eigenvalue weighted by molar-refractivity contribution is 5.68. The van der Waals surface area contributed by atoms with Crippen LogP contribution in [0.4, 0.5) is 4.79 Å². The molecule has 0 radical (unpaired) electrons. The number of carbonyl (C=O) groups excluding carboxylic acids is 1. The Kier molecular flexibility index (Phi) is 4.09. The van der Waals surface area contributed by atoms with Crippen LogP contribution in [0.2, 0.25) is 0 Å². The Labute approximate surface area is 112 Å². The summed E-state index contributed by atoms with van der Waals surface area (Å²) in [6.07, 6.45) is 3.12. The Morgan fingerprint density at radius 1 is 1.53 bits per heavy atom. The van der Waals surface area contributed by atoms with E-state index in [0.717, 1.165) is 6.42 Å². The van der Waals surface area contributed by atoms with Crippen LogP contribution in [0.15, 0.2) is 17.1 Å². The van der Waals surface area contributed by atoms with E-state index in [1.54, 1.807) is 11.2 Å². The monoisotopic (exact) mass is 268 g/mol. The first-order chi connectivity index (χ1) is 8.96. The molecular weight excluding hydrogens is 248 g/mol. The molecule has 0 saturated carbocycles. The zero-order valence-electron chi connectivity index (χ0n) is 11.6. The predicted octanol–water partition coefficient (Wildman–Crippen LogP) is 2.37. The van der Waals surface area contributed by atoms with E-state index < -0.39 is 5.60 Å². The maximum atomic E-state index is 12.1. The van der Waals surface area contributed by atoms with Crippen molar-refractivity contribution < 1.29 is 18.7 Å². The standard InChI is InChI=1S/C13H20N2O4/c1-13(2,3)19-12(16)15-5-4-6-18-11(7-15)10-8-17-9-14-10/h8-9,11H,4-7H2,1-3H3/t11-/m0/s1. The van der Waals surface area contributed by atoms with Gasteiger partial charge in [-0.05, 0) is 27.2 Å². The molecule has 2 rings (SSSR count). The summed E-state index contributed by atoms with van der Waals surface area (Å²) in [7, 11) is 0. The third kappa shape index (κ3) is 3.96. The molecule has 1 amide bonds. The smallest absolute Gasteiger partial charge is 0.410 e. The minimum absolute atomic E-state index is 0.256. The van der Waals surface area contributed by atoms with Crippen molar-refractivity contribution in [2.75, 3.05) is 19.7 Å². The number of oxazole rings is 1. The molecule has 1 aromatic rings. The Hall–Kier alpha value is -1.56. The van der Waals surface area contributed by atoms with Crippen molar-refractivity contribution in [3.8, 4) is 0 Å². The largest absolute Gasteiger partial charge is 0.451 e. The van der Waals surface area contributed by atoms with Gasteiger partial charge in [-0.25, -0.2) is 9.78 Å². The molecule has 2 heterocycles. The Morgan fingerprint density at radius 3 is 2.95 bits per heavy atom. The second-order valence-electron chi connectivity index (χ2n) is 5.55. The fourth-order valence-electron chi connectivity index (χ4n) is 1.88. The summed E-state index contributed by atoms with van der Waals surface area (Å²) < 4.78 is 16.0. The lowest BCUT2D eigenvalue weighted by Gasteiger charge is -2.27. The third-order valence-electron chi connectivity index (χ3n) is 2.71. The van der Waals surface area contributed by atoms with Crippen LogP contribution in [0.1, 0.15) is 39.0 Å². The molecule has 0 bridgehead atoms. The molecule has 6 nitrogen and oxygen atoms in total. The zero-order chi connectivity index (χ0) is 13.9. The SMILES string of the molecule is CC(C)(C)OC(=O)N1CCCO[C@H](c2cocn2)C1. The van der Waals surface area contributed by atoms with Gasteiger partial charge in [-0.1, -0.05) is 0 Å². The van der Waals surface area contributed by atoms with Gasteiger partial charge in [0.1, 0.15) is 23.7 Å². The molecule has 1 fully saturated rings. The molecule has 0 unspecified atom stereocenters. The van der Waals surface area contributed by atoms with E-state index in [1.165, 1.54) is 6.39 Å². The maximum absolute atomic E-state index is 12.1. The third-order valence-corrected chi connectivity index (χ3v) is 2.71. The van der Waals surface area contributed by atoms with E-state index in [-0.39, 0.29) is 12.2 Å². The number of nitrogens with zero attached hydrogens (tertiary/aromatic N) is 2. The van der Waals surface area contributed by atoms with Crippen LogP contribution < -0.4 is 0 Å². The van der Waals surface area contributed by atoms with Gasteiger partial charge in [0, 0.05) is 13.2 Å². The minimum atomic E-state index is -0.492. The van der Waals surface area contributed by atoms with Crippen LogP contribution in [0, 0.1) is 0 Å². The molecule has 0 aromatic carbocycles. The quantitative estimate of drug-likeness (QED) is 0.782. The van der Waals surface area contributed by atoms with E-state index >= 15 is 0 Å². The van der Waals surface area contributed by atoms with Gasteiger partial charge in [-0.3, -0.25) is 0 Å². The van der Waals surface area contributed by atoms with Crippen molar-refractivity contribution >= 4 is 6.09 Å². The molecule has 0 spiro atoms. The van der Waals surface area contributed by atoms with Gasteiger partial charge in [0.25, 0.3) is 0 Å². The van der Waals surface area contributed by atoms with Crippen LogP contribution in [0.25, 0.3) is 0 Å². The van der Waals surface area contributed by atoms with Crippen molar-refractivity contribution in [3.63, 3.8) is 0 Å². The summed E-state index contributed by atoms with van der Waals surface area (Å²) in [6, 6.07) is 0. The number of ether oxygens (including phenoxy) is 2. The summed E-state index contributed by atoms with van der Waals surface area (Å²) in [5.41, 5.74) is 0.212. The highest BCUT2D eigenvalue weighted by Gasteiger charge is 2.28. The first-order valence-corrected chi connectivity index (χ1v) is 6.43. The van der Waals surface area contributed by atoms with E-state index in [1.807, 2.05) is 20.8 Å². The second kappa shape index (κ2) is 5.61. The van der Waals surface area contributed by atoms with Crippen molar-refractivity contribution in [2.24, 2.45) is 0 Å². The zero-order valence-corrected chi connectivity index (χ0v) is 11.6. The Balaban J connectivity index is 2.02. The maximum Gasteiger partial charge on any atom is 0.410 e. The summed E-state index contributed by atoms with van der Waals surface area (Å²) in [4.78, 5) is 17.8. The molecule has 19 heavy (non-hydrogen) atoms. The molecule has 106 valence electrons. The van der Waals surface area contributed by atoms with Gasteiger partial charge < -0.3 is 18.8 Å². The number of hydrogen-bond acceptors (Lipinski definition) is 5. The average molecular weight is 268 g/mol. The van der Waals surface area contributed by atoms with Crippen LogP contribution in [-0.4, -0.2) is 41.3 Å². The highest BCUT2D eigenvalue weighted by atomic mass is 16.6. The number of rotatable bonds is 1. The van der Waals surface area contributed by atoms with E-state index in [2.05, 4.69) is 4.98 Å². The normalized spacial score (nSPS) is 21.0. The summed E-state index contributed by atoms with van der Waals surface area (Å²) >= 11 is 0. The van der Waals surface area contributed by atoms with Crippen molar-refractivity contribution in [1.29, 1.82) is 0 Å². The van der Waals surface area contributed by atoms with Crippen molar-refractivity contribution in [3.05, 3.63) is 18.4 Å². The molecule has 1 aliphatic rings. The lowest BCUT2D eigenvalue weighted by Crippen LogP contribution is -2.38. The number of hydrogen-bond donors (Lipinski definition) is 0. The van der Waals surface area contributed by atoms with Gasteiger partial charge in [-0.15, -0.1) is 0 Å². The second-order valence-corrected chi connectivity index (χ2v) is 5.55. The van der Waals surface area contributed by atoms with Crippen LogP contribution in [0.3, 0.4) is 0 Å². The van der Waals surface area contributed by atoms with Gasteiger partial charge in [0.15, 0.2) is 6.39 Å². The first kappa shape index (κ1) is 13.9. The van der Waals surface area contributed by atoms with E-state index in [9.17, 15) is 4.79 Å². The van der Waals surface area contributed by atoms with Crippen LogP contribution in [-0.2, 0) is 9.47 Å². The van der Waals surface area contributed by atoms with Crippen LogP contribution in [0.5, 0.6) is 0 Å². The molecule has 0 N–H and O–H groups in total. The van der Waals surface area contributed by atoms with Crippen molar-refractivity contribution in [2.45, 2.75) is 38.9 Å². The fourth-order valence-corrected chi connectivity index (χ4v) is 1.88. The molecule has 1 saturated heterocycles. The Morgan fingerprint density at radius 2 is 2.32 bits per heavy atom. The molecule has 1 aliphatic heterocycles. The van der Waals surface area contributed by atoms with E-state index in [4.69, 9.17) is 13.9 Å². The lowest BCUT2D eigenvalue weighted by atomic mass is 10.2. The van der Waals surface area contributed by atoms with Crippen LogP contribution >= 0.6 is 0 Å².